The number of aromatic hydroxyl groups is 1. The zero-order valence-electron chi connectivity index (χ0n) is 25.2. The van der Waals surface area contributed by atoms with Gasteiger partial charge in [0, 0.05) is 62.5 Å². The highest BCUT2D eigenvalue weighted by atomic mass is 16.6. The number of Topliss-reactive ketones (excluding diaryl/α,β-unsaturated/α-hetero) is 1. The predicted molar refractivity (Wildman–Crippen MR) is 145 cm³/mol. The van der Waals surface area contributed by atoms with Gasteiger partial charge in [0.25, 0.3) is 0 Å². The van der Waals surface area contributed by atoms with Crippen molar-refractivity contribution in [1.29, 1.82) is 0 Å². The van der Waals surface area contributed by atoms with Crippen molar-refractivity contribution in [3.05, 3.63) is 28.0 Å². The van der Waals surface area contributed by atoms with Crippen molar-refractivity contribution in [1.82, 2.24) is 0 Å². The van der Waals surface area contributed by atoms with Gasteiger partial charge in [0.2, 0.25) is 5.78 Å². The van der Waals surface area contributed by atoms with E-state index in [1.54, 1.807) is 27.7 Å². The number of esters is 5. The van der Waals surface area contributed by atoms with Crippen LogP contribution >= 0.6 is 0 Å². The number of hydrogen-bond acceptors (Lipinski definition) is 12. The summed E-state index contributed by atoms with van der Waals surface area (Å²) in [6.45, 7) is 12.2. The van der Waals surface area contributed by atoms with Gasteiger partial charge in [0.15, 0.2) is 17.3 Å². The molecule has 12 heteroatoms. The van der Waals surface area contributed by atoms with E-state index in [9.17, 15) is 33.9 Å². The molecule has 0 spiro atoms. The Morgan fingerprint density at radius 3 is 1.90 bits per heavy atom. The van der Waals surface area contributed by atoms with Crippen LogP contribution in [0.2, 0.25) is 0 Å². The standard InChI is InChI=1S/C30H36O12/c1-13(12-38-14(2)31)20-23(36)21-22(26(41-17(5)34)25(20)40-16(4)33)30(9)11-10-19(39-15(3)32)29(7,8)28(30)27(24(21)37)42-18(6)35/h13,19,36H,10-12H2,1-9H3/t13?,19-,30-/m1/s1. The highest BCUT2D eigenvalue weighted by Crippen LogP contribution is 2.63. The number of phenols is 1. The van der Waals surface area contributed by atoms with Crippen LogP contribution in [0, 0.1) is 5.41 Å². The average Bonchev–Trinajstić information content (AvgIpc) is 2.83. The number of benzene rings is 1. The molecular formula is C30H36O12. The molecule has 2 aliphatic rings. The molecule has 42 heavy (non-hydrogen) atoms. The second-order valence-corrected chi connectivity index (χ2v) is 11.4. The molecule has 12 nitrogen and oxygen atoms in total. The van der Waals surface area contributed by atoms with Crippen LogP contribution in [-0.4, -0.2) is 53.4 Å². The first kappa shape index (κ1) is 32.3. The highest BCUT2D eigenvalue weighted by Gasteiger charge is 2.58. The lowest BCUT2D eigenvalue weighted by Crippen LogP contribution is -2.51. The number of rotatable bonds is 7. The minimum Gasteiger partial charge on any atom is -0.507 e. The third-order valence-electron chi connectivity index (χ3n) is 7.61. The van der Waals surface area contributed by atoms with E-state index >= 15 is 0 Å². The summed E-state index contributed by atoms with van der Waals surface area (Å²) in [5, 5.41) is 11.7. The van der Waals surface area contributed by atoms with Crippen molar-refractivity contribution >= 4 is 35.6 Å². The minimum atomic E-state index is -1.26. The largest absolute Gasteiger partial charge is 0.507 e. The molecule has 1 unspecified atom stereocenters. The molecule has 1 N–H and O–H groups in total. The second kappa shape index (κ2) is 11.6. The van der Waals surface area contributed by atoms with E-state index < -0.39 is 64.2 Å². The number of fused-ring (bicyclic) bond motifs is 3. The Balaban J connectivity index is 2.53. The lowest BCUT2D eigenvalue weighted by molar-refractivity contribution is -0.154. The summed E-state index contributed by atoms with van der Waals surface area (Å²) in [7, 11) is 0. The van der Waals surface area contributed by atoms with Crippen LogP contribution in [0.4, 0.5) is 0 Å². The van der Waals surface area contributed by atoms with Gasteiger partial charge in [-0.25, -0.2) is 0 Å². The third-order valence-corrected chi connectivity index (χ3v) is 7.61. The maximum atomic E-state index is 14.3. The number of allylic oxidation sites excluding steroid dienone is 1. The molecule has 1 aromatic carbocycles. The van der Waals surface area contributed by atoms with E-state index in [1.807, 2.05) is 0 Å². The van der Waals surface area contributed by atoms with Crippen molar-refractivity contribution in [2.45, 2.75) is 92.6 Å². The first-order chi connectivity index (χ1) is 19.3. The van der Waals surface area contributed by atoms with E-state index in [0.29, 0.717) is 0 Å². The maximum Gasteiger partial charge on any atom is 0.308 e. The molecule has 0 radical (unpaired) electrons. The molecule has 0 amide bonds. The SMILES string of the molecule is CC(=O)OCC(C)c1c(O)c2c(c(OC(C)=O)c1OC(C)=O)[C@@]1(C)CC[C@@H](OC(C)=O)C(C)(C)C1=C(OC(C)=O)C2=O. The van der Waals surface area contributed by atoms with E-state index in [2.05, 4.69) is 0 Å². The Kier molecular flexibility index (Phi) is 8.90. The number of ketones is 1. The van der Waals surface area contributed by atoms with Gasteiger partial charge in [-0.1, -0.05) is 27.7 Å². The Labute approximate surface area is 243 Å². The molecule has 2 aliphatic carbocycles. The highest BCUT2D eigenvalue weighted by molar-refractivity contribution is 6.15. The van der Waals surface area contributed by atoms with E-state index in [0.717, 1.165) is 20.8 Å². The normalized spacial score (nSPS) is 21.4. The summed E-state index contributed by atoms with van der Waals surface area (Å²) in [6.07, 6.45) is -0.259. The molecule has 1 saturated carbocycles. The Bertz CT molecular complexity index is 1420. The number of hydrogen-bond donors (Lipinski definition) is 1. The van der Waals surface area contributed by atoms with Crippen molar-refractivity contribution < 1.29 is 57.6 Å². The lowest BCUT2D eigenvalue weighted by atomic mass is 9.53. The first-order valence-electron chi connectivity index (χ1n) is 13.4. The zero-order valence-corrected chi connectivity index (χ0v) is 25.2. The molecule has 228 valence electrons. The topological polar surface area (TPSA) is 169 Å². The number of carbonyl (C=O) groups is 6. The van der Waals surface area contributed by atoms with Crippen molar-refractivity contribution in [2.24, 2.45) is 5.41 Å². The van der Waals surface area contributed by atoms with Crippen LogP contribution in [0.15, 0.2) is 11.3 Å². The fraction of sp³-hybridized carbons (Fsp3) is 0.533. The summed E-state index contributed by atoms with van der Waals surface area (Å²) >= 11 is 0. The summed E-state index contributed by atoms with van der Waals surface area (Å²) < 4.78 is 27.4. The minimum absolute atomic E-state index is 0.0418. The summed E-state index contributed by atoms with van der Waals surface area (Å²) in [4.78, 5) is 74.8. The van der Waals surface area contributed by atoms with E-state index in [4.69, 9.17) is 23.7 Å². The third kappa shape index (κ3) is 5.75. The summed E-state index contributed by atoms with van der Waals surface area (Å²) in [5.74, 6) is -6.93. The Hall–Kier alpha value is -4.22. The molecule has 0 bridgehead atoms. The molecule has 0 saturated heterocycles. The van der Waals surface area contributed by atoms with Crippen LogP contribution < -0.4 is 9.47 Å². The van der Waals surface area contributed by atoms with Crippen LogP contribution in [0.1, 0.15) is 103 Å². The number of ether oxygens (including phenoxy) is 5. The predicted octanol–water partition coefficient (Wildman–Crippen LogP) is 3.93. The van der Waals surface area contributed by atoms with Gasteiger partial charge >= 0.3 is 29.8 Å². The molecule has 0 aromatic heterocycles. The second-order valence-electron chi connectivity index (χ2n) is 11.4. The molecule has 1 fully saturated rings. The van der Waals surface area contributed by atoms with Crippen LogP contribution in [0.3, 0.4) is 0 Å². The van der Waals surface area contributed by atoms with Gasteiger partial charge in [-0.2, -0.15) is 0 Å². The van der Waals surface area contributed by atoms with Gasteiger partial charge in [-0.15, -0.1) is 0 Å². The fourth-order valence-corrected chi connectivity index (χ4v) is 6.17. The monoisotopic (exact) mass is 588 g/mol. The van der Waals surface area contributed by atoms with Gasteiger partial charge < -0.3 is 28.8 Å². The quantitative estimate of drug-likeness (QED) is 0.277. The number of phenolic OH excluding ortho intramolecular Hbond substituents is 1. The average molecular weight is 589 g/mol. The smallest absolute Gasteiger partial charge is 0.308 e. The Morgan fingerprint density at radius 2 is 1.40 bits per heavy atom. The fourth-order valence-electron chi connectivity index (χ4n) is 6.17. The lowest BCUT2D eigenvalue weighted by Gasteiger charge is -2.52. The molecule has 3 atom stereocenters. The molecule has 3 rings (SSSR count). The van der Waals surface area contributed by atoms with Crippen molar-refractivity contribution in [3.63, 3.8) is 0 Å². The molecule has 0 heterocycles. The zero-order chi connectivity index (χ0) is 31.9. The van der Waals surface area contributed by atoms with E-state index in [-0.39, 0.29) is 59.0 Å². The van der Waals surface area contributed by atoms with Gasteiger partial charge in [0.05, 0.1) is 12.2 Å². The van der Waals surface area contributed by atoms with Crippen molar-refractivity contribution in [2.75, 3.05) is 6.61 Å². The van der Waals surface area contributed by atoms with Crippen LogP contribution in [-0.2, 0) is 43.6 Å². The van der Waals surface area contributed by atoms with Crippen LogP contribution in [0.25, 0.3) is 0 Å². The molecule has 0 aliphatic heterocycles. The maximum absolute atomic E-state index is 14.3. The Morgan fingerprint density at radius 1 is 0.857 bits per heavy atom. The van der Waals surface area contributed by atoms with Crippen molar-refractivity contribution in [3.8, 4) is 17.2 Å². The summed E-state index contributed by atoms with van der Waals surface area (Å²) in [5.41, 5.74) is -2.48. The summed E-state index contributed by atoms with van der Waals surface area (Å²) in [6, 6.07) is 0. The molecular weight excluding hydrogens is 552 g/mol. The number of carbonyl (C=O) groups excluding carboxylic acids is 6. The molecule has 1 aromatic rings. The van der Waals surface area contributed by atoms with Crippen LogP contribution in [0.5, 0.6) is 17.2 Å². The first-order valence-corrected chi connectivity index (χ1v) is 13.4. The van der Waals surface area contributed by atoms with Gasteiger partial charge in [-0.3, -0.25) is 28.8 Å². The van der Waals surface area contributed by atoms with E-state index in [1.165, 1.54) is 13.8 Å². The van der Waals surface area contributed by atoms with Gasteiger partial charge in [0.1, 0.15) is 11.9 Å². The van der Waals surface area contributed by atoms with Gasteiger partial charge in [-0.05, 0) is 18.4 Å².